The van der Waals surface area contributed by atoms with E-state index < -0.39 is 12.0 Å². The van der Waals surface area contributed by atoms with Gasteiger partial charge in [-0.15, -0.1) is 0 Å². The van der Waals surface area contributed by atoms with Gasteiger partial charge in [-0.25, -0.2) is 0 Å². The molecule has 0 heterocycles. The first-order valence-corrected chi connectivity index (χ1v) is 9.90. The lowest BCUT2D eigenvalue weighted by Crippen LogP contribution is -2.56. The number of carboxylic acids is 1. The first-order chi connectivity index (χ1) is 13.3. The van der Waals surface area contributed by atoms with E-state index in [1.54, 1.807) is 0 Å². The molecule has 0 saturated heterocycles. The quantitative estimate of drug-likeness (QED) is 0.568. The van der Waals surface area contributed by atoms with Crippen LogP contribution in [0.2, 0.25) is 0 Å². The first kappa shape index (κ1) is 21.9. The molecule has 0 aliphatic heterocycles. The largest absolute Gasteiger partial charge is 0.480 e. The maximum absolute atomic E-state index is 12.9. The van der Waals surface area contributed by atoms with Crippen LogP contribution in [0.4, 0.5) is 0 Å². The molecule has 3 N–H and O–H groups in total. The molecular formula is C21H31N3O4. The number of carboxylic acid groups (broad SMARTS) is 1. The van der Waals surface area contributed by atoms with Gasteiger partial charge in [0.15, 0.2) is 0 Å². The molecule has 7 nitrogen and oxygen atoms in total. The number of nitrogens with one attached hydrogen (secondary N) is 2. The maximum atomic E-state index is 12.9. The van der Waals surface area contributed by atoms with Crippen LogP contribution < -0.4 is 10.6 Å². The minimum absolute atomic E-state index is 0.00596. The van der Waals surface area contributed by atoms with Gasteiger partial charge in [-0.05, 0) is 30.9 Å². The van der Waals surface area contributed by atoms with E-state index in [0.717, 1.165) is 5.56 Å². The number of hydrogen-bond donors (Lipinski definition) is 3. The van der Waals surface area contributed by atoms with Crippen molar-refractivity contribution < 1.29 is 19.5 Å². The molecule has 0 bridgehead atoms. The Morgan fingerprint density at radius 1 is 1.18 bits per heavy atom. The van der Waals surface area contributed by atoms with E-state index in [1.807, 2.05) is 56.0 Å². The summed E-state index contributed by atoms with van der Waals surface area (Å²) < 4.78 is 0. The van der Waals surface area contributed by atoms with Crippen molar-refractivity contribution in [3.8, 4) is 0 Å². The third kappa shape index (κ3) is 6.34. The highest BCUT2D eigenvalue weighted by Crippen LogP contribution is 2.26. The summed E-state index contributed by atoms with van der Waals surface area (Å²) in [6.45, 7) is 6.53. The van der Waals surface area contributed by atoms with Crippen molar-refractivity contribution in [1.29, 1.82) is 0 Å². The number of benzene rings is 1. The zero-order valence-electron chi connectivity index (χ0n) is 16.9. The Balaban J connectivity index is 1.96. The molecule has 2 rings (SSSR count). The fourth-order valence-electron chi connectivity index (χ4n) is 3.50. The van der Waals surface area contributed by atoms with Gasteiger partial charge < -0.3 is 15.7 Å². The number of carbonyl (C=O) groups excluding carboxylic acids is 2. The second-order valence-corrected chi connectivity index (χ2v) is 7.80. The third-order valence-corrected chi connectivity index (χ3v) is 5.01. The molecule has 1 aromatic rings. The molecule has 1 aliphatic carbocycles. The Hall–Kier alpha value is -2.41. The molecule has 2 amide bonds. The number of hydrogen-bond acceptors (Lipinski definition) is 4. The molecule has 1 aromatic carbocycles. The molecule has 1 saturated carbocycles. The molecule has 7 heteroatoms. The van der Waals surface area contributed by atoms with Gasteiger partial charge in [0.2, 0.25) is 11.8 Å². The number of likely N-dealkylation sites (N-methyl/N-ethyl adjacent to an activating group) is 1. The van der Waals surface area contributed by atoms with Crippen molar-refractivity contribution in [2.75, 3.05) is 13.1 Å². The molecule has 0 aromatic heterocycles. The van der Waals surface area contributed by atoms with Crippen LogP contribution in [0.15, 0.2) is 30.3 Å². The van der Waals surface area contributed by atoms with Gasteiger partial charge >= 0.3 is 5.97 Å². The normalized spacial score (nSPS) is 19.8. The van der Waals surface area contributed by atoms with E-state index in [1.165, 1.54) is 0 Å². The van der Waals surface area contributed by atoms with Crippen molar-refractivity contribution in [3.05, 3.63) is 35.9 Å². The minimum Gasteiger partial charge on any atom is -0.480 e. The lowest BCUT2D eigenvalue weighted by Gasteiger charge is -2.42. The van der Waals surface area contributed by atoms with Crippen LogP contribution in [-0.4, -0.2) is 53.0 Å². The number of nitrogens with zero attached hydrogens (tertiary/aromatic N) is 1. The van der Waals surface area contributed by atoms with E-state index in [2.05, 4.69) is 10.6 Å². The topological polar surface area (TPSA) is 98.7 Å². The summed E-state index contributed by atoms with van der Waals surface area (Å²) in [5.41, 5.74) is 0.744. The average molecular weight is 389 g/mol. The molecular weight excluding hydrogens is 358 g/mol. The highest BCUT2D eigenvalue weighted by molar-refractivity contribution is 5.89. The minimum atomic E-state index is -0.841. The fraction of sp³-hybridized carbons (Fsp3) is 0.571. The van der Waals surface area contributed by atoms with Crippen LogP contribution in [0.25, 0.3) is 0 Å². The molecule has 154 valence electrons. The van der Waals surface area contributed by atoms with E-state index in [-0.39, 0.29) is 36.4 Å². The number of aliphatic carboxylic acids is 1. The molecule has 1 atom stereocenters. The maximum Gasteiger partial charge on any atom is 0.317 e. The lowest BCUT2D eigenvalue weighted by molar-refractivity contribution is -0.140. The summed E-state index contributed by atoms with van der Waals surface area (Å²) in [5, 5.41) is 14.8. The molecule has 0 radical (unpaired) electrons. The van der Waals surface area contributed by atoms with Crippen LogP contribution in [0, 0.1) is 5.92 Å². The number of rotatable bonds is 10. The molecule has 1 fully saturated rings. The lowest BCUT2D eigenvalue weighted by atomic mass is 9.85. The van der Waals surface area contributed by atoms with Crippen molar-refractivity contribution in [1.82, 2.24) is 15.5 Å². The first-order valence-electron chi connectivity index (χ1n) is 9.90. The Morgan fingerprint density at radius 2 is 1.82 bits per heavy atom. The highest BCUT2D eigenvalue weighted by Gasteiger charge is 2.36. The zero-order chi connectivity index (χ0) is 20.7. The van der Waals surface area contributed by atoms with Gasteiger partial charge in [0.25, 0.3) is 0 Å². The van der Waals surface area contributed by atoms with Crippen molar-refractivity contribution in [2.45, 2.75) is 58.2 Å². The Kier molecular flexibility index (Phi) is 7.99. The predicted octanol–water partition coefficient (Wildman–Crippen LogP) is 1.94. The standard InChI is InChI=1S/C21H31N3O4/c1-4-24(13-19(26)27)17-11-16(12-17)22-21(28)20(15-8-6-5-7-9-15)23-18(25)10-14(2)3/h5-9,14,16-17,20H,4,10-13H2,1-3H3,(H,22,28)(H,23,25)(H,26,27). The number of carbonyl (C=O) groups is 3. The molecule has 0 spiro atoms. The van der Waals surface area contributed by atoms with Gasteiger partial charge in [-0.1, -0.05) is 51.1 Å². The van der Waals surface area contributed by atoms with Crippen molar-refractivity contribution >= 4 is 17.8 Å². The highest BCUT2D eigenvalue weighted by atomic mass is 16.4. The van der Waals surface area contributed by atoms with E-state index >= 15 is 0 Å². The van der Waals surface area contributed by atoms with Crippen LogP contribution >= 0.6 is 0 Å². The zero-order valence-corrected chi connectivity index (χ0v) is 16.9. The summed E-state index contributed by atoms with van der Waals surface area (Å²) in [7, 11) is 0. The number of amides is 2. The summed E-state index contributed by atoms with van der Waals surface area (Å²) >= 11 is 0. The average Bonchev–Trinajstić information content (AvgIpc) is 2.60. The van der Waals surface area contributed by atoms with Crippen LogP contribution in [-0.2, 0) is 14.4 Å². The van der Waals surface area contributed by atoms with Gasteiger partial charge in [0.05, 0.1) is 6.54 Å². The van der Waals surface area contributed by atoms with Gasteiger partial charge in [0.1, 0.15) is 6.04 Å². The smallest absolute Gasteiger partial charge is 0.317 e. The van der Waals surface area contributed by atoms with E-state index in [0.29, 0.717) is 25.8 Å². The predicted molar refractivity (Wildman–Crippen MR) is 107 cm³/mol. The van der Waals surface area contributed by atoms with Gasteiger partial charge in [-0.3, -0.25) is 19.3 Å². The second-order valence-electron chi connectivity index (χ2n) is 7.80. The summed E-state index contributed by atoms with van der Waals surface area (Å²) in [6.07, 6.45) is 1.80. The molecule has 28 heavy (non-hydrogen) atoms. The second kappa shape index (κ2) is 10.2. The molecule has 1 unspecified atom stereocenters. The summed E-state index contributed by atoms with van der Waals surface area (Å²) in [5.74, 6) is -1.01. The Morgan fingerprint density at radius 3 is 2.36 bits per heavy atom. The summed E-state index contributed by atoms with van der Waals surface area (Å²) in [6, 6.07) is 8.64. The van der Waals surface area contributed by atoms with Gasteiger partial charge in [0, 0.05) is 18.5 Å². The fourth-order valence-corrected chi connectivity index (χ4v) is 3.50. The van der Waals surface area contributed by atoms with Crippen molar-refractivity contribution in [2.24, 2.45) is 5.92 Å². The van der Waals surface area contributed by atoms with Crippen molar-refractivity contribution in [3.63, 3.8) is 0 Å². The Bertz CT molecular complexity index is 671. The third-order valence-electron chi connectivity index (χ3n) is 5.01. The van der Waals surface area contributed by atoms with E-state index in [4.69, 9.17) is 5.11 Å². The van der Waals surface area contributed by atoms with Crippen LogP contribution in [0.1, 0.15) is 51.6 Å². The van der Waals surface area contributed by atoms with Crippen LogP contribution in [0.5, 0.6) is 0 Å². The van der Waals surface area contributed by atoms with E-state index in [9.17, 15) is 14.4 Å². The van der Waals surface area contributed by atoms with Crippen LogP contribution in [0.3, 0.4) is 0 Å². The van der Waals surface area contributed by atoms with Gasteiger partial charge in [-0.2, -0.15) is 0 Å². The Labute approximate surface area is 166 Å². The monoisotopic (exact) mass is 389 g/mol. The SMILES string of the molecule is CCN(CC(=O)O)C1CC(NC(=O)C(NC(=O)CC(C)C)c2ccccc2)C1. The summed E-state index contributed by atoms with van der Waals surface area (Å²) in [4.78, 5) is 38.0. The molecule has 1 aliphatic rings.